The summed E-state index contributed by atoms with van der Waals surface area (Å²) >= 11 is 2.97. The second-order valence-corrected chi connectivity index (χ2v) is 35.1. The number of aromatic nitrogens is 6. The van der Waals surface area contributed by atoms with Crippen molar-refractivity contribution in [1.29, 1.82) is 0 Å². The summed E-state index contributed by atoms with van der Waals surface area (Å²) in [5.41, 5.74) is -4.04. The van der Waals surface area contributed by atoms with Crippen LogP contribution >= 0.6 is 34.0 Å². The number of hydrogen-bond acceptors (Lipinski definition) is 30. The summed E-state index contributed by atoms with van der Waals surface area (Å²) in [5.74, 6) is -4.50. The molecule has 0 radical (unpaired) electrons. The molecule has 0 amide bonds. The lowest BCUT2D eigenvalue weighted by molar-refractivity contribution is -0.193. The number of aromatic amines is 1. The number of aliphatic hydroxyl groups excluding tert-OH is 2. The zero-order valence-electron chi connectivity index (χ0n) is 79.6. The van der Waals surface area contributed by atoms with Crippen molar-refractivity contribution in [3.63, 3.8) is 0 Å². The van der Waals surface area contributed by atoms with Crippen molar-refractivity contribution < 1.29 is 106 Å². The number of aliphatic carboxylic acids is 1. The Morgan fingerprint density at radius 3 is 1.04 bits per heavy atom. The summed E-state index contributed by atoms with van der Waals surface area (Å²) < 4.78 is 52.8. The molecule has 0 aliphatic heterocycles. The largest absolute Gasteiger partial charge is 0.480 e. The molecule has 0 aliphatic rings. The van der Waals surface area contributed by atoms with Gasteiger partial charge in [-0.05, 0) is 175 Å². The van der Waals surface area contributed by atoms with Gasteiger partial charge in [-0.2, -0.15) is 19.2 Å². The van der Waals surface area contributed by atoms with Gasteiger partial charge in [-0.1, -0.05) is 166 Å². The molecular weight excluding hydrogens is 1790 g/mol. The maximum Gasteiger partial charge on any atom is 0.373 e. The van der Waals surface area contributed by atoms with Crippen molar-refractivity contribution in [3.05, 3.63) is 273 Å². The second kappa shape index (κ2) is 53.3. The van der Waals surface area contributed by atoms with Crippen LogP contribution < -0.4 is 33.7 Å². The zero-order chi connectivity index (χ0) is 101. The minimum atomic E-state index is -1.82. The first-order chi connectivity index (χ1) is 63.2. The van der Waals surface area contributed by atoms with Crippen LogP contribution in [-0.4, -0.2) is 158 Å². The highest BCUT2D eigenvalue weighted by Crippen LogP contribution is 2.35. The SMILES string of the molecule is CCOC(=O)c1sc2[nH]c(=O)n(C(C)(C)C(=O)OC(C)(C)C)c(=O)c2c1C.CCOC(=O)c1sc2c(c1C)c(=O)n(C(C)(C)C(=O)O)c(=O)n2C[C@@H](OC)c1ccccc1.CCOC(=O)c1sc2c(c1C)c(=O)n(C(C)(C)C(=O)OC(C)C)c(=O)n2C[C@@H](OC)c1ccccc1.CC[C@@H](O)c1ccccc1.CC[C@@H](OC)c1ccccc1.CO[C@H](CO)c1ccccc1.O=C=O.O=C=O. The molecule has 4 N–H and O–H groups in total. The van der Waals surface area contributed by atoms with E-state index in [9.17, 15) is 67.7 Å². The average molecular weight is 1910 g/mol. The second-order valence-electron chi connectivity index (χ2n) is 32.1. The van der Waals surface area contributed by atoms with Crippen LogP contribution in [-0.2, 0) is 106 Å². The maximum atomic E-state index is 13.9. The zero-order valence-corrected chi connectivity index (χ0v) is 82.0. The lowest BCUT2D eigenvalue weighted by atomic mass is 10.0. The van der Waals surface area contributed by atoms with Gasteiger partial charge in [-0.15, -0.1) is 34.0 Å². The van der Waals surface area contributed by atoms with E-state index in [1.807, 2.05) is 146 Å². The number of rotatable bonds is 29. The molecule has 11 aromatic rings. The van der Waals surface area contributed by atoms with Gasteiger partial charge in [0.05, 0.1) is 74.0 Å². The number of aryl methyl sites for hydroxylation is 3. The highest BCUT2D eigenvalue weighted by Gasteiger charge is 2.41. The molecule has 6 aromatic heterocycles. The van der Waals surface area contributed by atoms with Crippen molar-refractivity contribution >= 4 is 113 Å². The molecule has 724 valence electrons. The molecule has 134 heavy (non-hydrogen) atoms. The third-order valence-corrected chi connectivity index (χ3v) is 24.1. The Morgan fingerprint density at radius 2 is 0.731 bits per heavy atom. The van der Waals surface area contributed by atoms with Crippen LogP contribution in [0, 0.1) is 20.8 Å². The molecule has 0 aliphatic carbocycles. The van der Waals surface area contributed by atoms with Crippen LogP contribution in [0.1, 0.15) is 228 Å². The first-order valence-corrected chi connectivity index (χ1v) is 44.9. The molecule has 0 spiro atoms. The van der Waals surface area contributed by atoms with Crippen molar-refractivity contribution in [3.8, 4) is 0 Å². The highest BCUT2D eigenvalue weighted by atomic mass is 32.1. The number of carbonyl (C=O) groups excluding carboxylic acids is 9. The number of thiophene rings is 3. The molecule has 6 heterocycles. The number of esters is 5. The molecule has 0 bridgehead atoms. The van der Waals surface area contributed by atoms with Gasteiger partial charge in [0.2, 0.25) is 0 Å². The Bertz CT molecular complexity index is 6120. The quantitative estimate of drug-likeness (QED) is 0.0250. The van der Waals surface area contributed by atoms with E-state index in [2.05, 4.69) is 24.0 Å². The summed E-state index contributed by atoms with van der Waals surface area (Å²) in [6, 6.07) is 48.2. The normalized spacial score (nSPS) is 12.2. The number of ether oxygens (including phenoxy) is 9. The third kappa shape index (κ3) is 29.2. The number of H-pyrrole nitrogens is 1. The molecular formula is C97H120N6O28S3. The van der Waals surface area contributed by atoms with Crippen LogP contribution in [0.5, 0.6) is 0 Å². The molecule has 5 atom stereocenters. The Balaban J connectivity index is 0.000000352. The smallest absolute Gasteiger partial charge is 0.373 e. The molecule has 37 heteroatoms. The Hall–Kier alpha value is -12.6. The van der Waals surface area contributed by atoms with E-state index >= 15 is 0 Å². The average Bonchev–Trinajstić information content (AvgIpc) is 1.54. The van der Waals surface area contributed by atoms with E-state index in [1.54, 1.807) is 90.4 Å². The van der Waals surface area contributed by atoms with Crippen LogP contribution in [0.25, 0.3) is 30.6 Å². The van der Waals surface area contributed by atoms with Crippen molar-refractivity contribution in [1.82, 2.24) is 27.8 Å². The number of methoxy groups -OCH3 is 4. The van der Waals surface area contributed by atoms with Crippen molar-refractivity contribution in [2.75, 3.05) is 54.9 Å². The van der Waals surface area contributed by atoms with Crippen molar-refractivity contribution in [2.24, 2.45) is 0 Å². The number of carbonyl (C=O) groups is 6. The van der Waals surface area contributed by atoms with Gasteiger partial charge in [0, 0.05) is 28.4 Å². The standard InChI is InChI=1S/C26H32N2O7S.C23H26N2O7S.C18H24N2O6S.C10H14O.C9H12O2.C9H12O.2CO2/c1-8-34-23(30)20-16(4)19-21(29)28(26(5,6)24(31)35-15(2)3)25(32)27(22(19)36-20)14-18(33-7)17-12-10-9-11-13-17;1-6-32-20(27)17-13(2)16-18(26)25(23(3,4)21(28)29)22(30)24(19(16)33-17)12-15(31-5)14-10-8-7-9-11-14;1-8-25-14(22)11-9(2)10-12(27-11)19-16(24)20(13(10)21)18(6,7)15(23)26-17(3,4)5;1-3-10(11-2)9-7-5-4-6-8-9;1-11-9(7-10)8-5-3-2-4-6-8;1-2-9(10)8-6-4-3-5-7-8;2*2-1-3/h9-13,15,18H,8,14H2,1-7H3;7-11,15H,6,12H2,1-5H3,(H,28,29);8H2,1-7H3,(H,19,24);4-8,10H,3H2,1-2H3;2-6,9-10H,7H2,1H3;3-7,9-10H,2H2,1H3;;/t18-;15-;;10-;2*9-;;/m11.111../s1. The van der Waals surface area contributed by atoms with E-state index in [0.717, 1.165) is 82.8 Å². The Labute approximate surface area is 786 Å². The van der Waals surface area contributed by atoms with E-state index < -0.39 is 110 Å². The molecule has 5 aromatic carbocycles. The summed E-state index contributed by atoms with van der Waals surface area (Å²) in [5, 5.41) is 28.4. The number of carboxylic acid groups (broad SMARTS) is 1. The van der Waals surface area contributed by atoms with E-state index in [0.29, 0.717) is 21.5 Å². The fraction of sp³-hybridized carbons (Fsp3) is 0.423. The number of benzene rings is 5. The summed E-state index contributed by atoms with van der Waals surface area (Å²) in [6.07, 6.45) is 0.572. The lowest BCUT2D eigenvalue weighted by Crippen LogP contribution is -2.53. The van der Waals surface area contributed by atoms with Crippen LogP contribution in [0.2, 0.25) is 0 Å². The van der Waals surface area contributed by atoms with E-state index in [4.69, 9.17) is 66.9 Å². The van der Waals surface area contributed by atoms with Gasteiger partial charge in [0.25, 0.3) is 16.7 Å². The molecule has 0 fully saturated rings. The van der Waals surface area contributed by atoms with Gasteiger partial charge in [0.1, 0.15) is 69.7 Å². The third-order valence-electron chi connectivity index (χ3n) is 20.4. The van der Waals surface area contributed by atoms with Crippen LogP contribution in [0.15, 0.2) is 180 Å². The number of nitrogens with one attached hydrogen (secondary N) is 1. The number of nitrogens with zero attached hydrogens (tertiary/aromatic N) is 5. The minimum absolute atomic E-state index is 0.00798. The minimum Gasteiger partial charge on any atom is -0.480 e. The van der Waals surface area contributed by atoms with Crippen molar-refractivity contribution in [2.45, 2.75) is 216 Å². The molecule has 0 saturated heterocycles. The first-order valence-electron chi connectivity index (χ1n) is 42.5. The molecule has 34 nitrogen and oxygen atoms in total. The highest BCUT2D eigenvalue weighted by molar-refractivity contribution is 7.21. The number of carboxylic acids is 1. The molecule has 11 rings (SSSR count). The van der Waals surface area contributed by atoms with Gasteiger partial charge in [-0.25, -0.2) is 56.9 Å². The van der Waals surface area contributed by atoms with Crippen LogP contribution in [0.3, 0.4) is 0 Å². The molecule has 0 saturated carbocycles. The van der Waals surface area contributed by atoms with Gasteiger partial charge in [0.15, 0.2) is 0 Å². The van der Waals surface area contributed by atoms with Gasteiger partial charge >= 0.3 is 65.2 Å². The van der Waals surface area contributed by atoms with Gasteiger partial charge in [-0.3, -0.25) is 28.5 Å². The predicted octanol–water partition coefficient (Wildman–Crippen LogP) is 14.1. The fourth-order valence-corrected chi connectivity index (χ4v) is 16.8. The maximum absolute atomic E-state index is 13.9. The monoisotopic (exact) mass is 1910 g/mol. The van der Waals surface area contributed by atoms with E-state index in [1.165, 1.54) is 70.5 Å². The predicted molar refractivity (Wildman–Crippen MR) is 506 cm³/mol. The summed E-state index contributed by atoms with van der Waals surface area (Å²) in [7, 11) is 6.37. The topological polar surface area (TPSA) is 457 Å². The fourth-order valence-electron chi connectivity index (χ4n) is 13.3. The summed E-state index contributed by atoms with van der Waals surface area (Å²) in [4.78, 5) is 192. The first kappa shape index (κ1) is 114. The number of aliphatic hydroxyl groups is 2. The van der Waals surface area contributed by atoms with Gasteiger partial charge < -0.3 is 58.0 Å². The Kier molecular flexibility index (Phi) is 45.2. The Morgan fingerprint density at radius 1 is 0.425 bits per heavy atom. The number of fused-ring (bicyclic) bond motifs is 3. The summed E-state index contributed by atoms with van der Waals surface area (Å²) in [6.45, 7) is 31.4. The molecule has 0 unspecified atom stereocenters. The van der Waals surface area contributed by atoms with Crippen LogP contribution in [0.4, 0.5) is 0 Å². The lowest BCUT2D eigenvalue weighted by Gasteiger charge is -2.29. The van der Waals surface area contributed by atoms with E-state index in [-0.39, 0.29) is 111 Å². The number of hydrogen-bond donors (Lipinski definition) is 4.